The van der Waals surface area contributed by atoms with Crippen LogP contribution in [0.1, 0.15) is 24.3 Å². The number of aromatic nitrogens is 4. The van der Waals surface area contributed by atoms with E-state index in [9.17, 15) is 9.59 Å². The van der Waals surface area contributed by atoms with Crippen LogP contribution in [0.3, 0.4) is 0 Å². The van der Waals surface area contributed by atoms with Gasteiger partial charge in [-0.15, -0.1) is 0 Å². The lowest BCUT2D eigenvalue weighted by Gasteiger charge is -2.23. The smallest absolute Gasteiger partial charge is 0.360 e. The van der Waals surface area contributed by atoms with Gasteiger partial charge in [0.05, 0.1) is 23.5 Å². The SMILES string of the molecule is COC(=O)c1nn(C)cc1NC(=O)C(C)(C)n1cc(Br)cn1. The fourth-order valence-corrected chi connectivity index (χ4v) is 2.10. The van der Waals surface area contributed by atoms with E-state index in [0.717, 1.165) is 4.47 Å². The zero-order valence-electron chi connectivity index (χ0n) is 12.6. The summed E-state index contributed by atoms with van der Waals surface area (Å²) in [5, 5.41) is 10.8. The third-order valence-electron chi connectivity index (χ3n) is 3.14. The highest BCUT2D eigenvalue weighted by Gasteiger charge is 2.32. The quantitative estimate of drug-likeness (QED) is 0.825. The Balaban J connectivity index is 2.27. The molecule has 118 valence electrons. The van der Waals surface area contributed by atoms with Crippen LogP contribution < -0.4 is 5.32 Å². The molecule has 1 amide bonds. The first kappa shape index (κ1) is 16.2. The van der Waals surface area contributed by atoms with Crippen LogP contribution in [0.15, 0.2) is 23.1 Å². The third kappa shape index (κ3) is 3.03. The molecule has 0 aliphatic carbocycles. The molecule has 22 heavy (non-hydrogen) atoms. The first-order valence-electron chi connectivity index (χ1n) is 6.39. The minimum Gasteiger partial charge on any atom is -0.464 e. The molecule has 1 N–H and O–H groups in total. The molecule has 2 rings (SSSR count). The highest BCUT2D eigenvalue weighted by molar-refractivity contribution is 9.10. The van der Waals surface area contributed by atoms with Gasteiger partial charge in [0, 0.05) is 19.4 Å². The van der Waals surface area contributed by atoms with Crippen LogP contribution >= 0.6 is 15.9 Å². The minimum atomic E-state index is -0.949. The highest BCUT2D eigenvalue weighted by Crippen LogP contribution is 2.21. The summed E-state index contributed by atoms with van der Waals surface area (Å²) >= 11 is 3.29. The fourth-order valence-electron chi connectivity index (χ4n) is 1.81. The van der Waals surface area contributed by atoms with E-state index in [4.69, 9.17) is 0 Å². The van der Waals surface area contributed by atoms with Crippen molar-refractivity contribution in [2.75, 3.05) is 12.4 Å². The van der Waals surface area contributed by atoms with Crippen LogP contribution in [0.5, 0.6) is 0 Å². The lowest BCUT2D eigenvalue weighted by Crippen LogP contribution is -2.40. The highest BCUT2D eigenvalue weighted by atomic mass is 79.9. The second kappa shape index (κ2) is 5.91. The lowest BCUT2D eigenvalue weighted by atomic mass is 10.1. The Hall–Kier alpha value is -2.16. The van der Waals surface area contributed by atoms with Gasteiger partial charge >= 0.3 is 5.97 Å². The maximum Gasteiger partial charge on any atom is 0.360 e. The summed E-state index contributed by atoms with van der Waals surface area (Å²) in [6.45, 7) is 3.44. The first-order valence-corrected chi connectivity index (χ1v) is 7.19. The molecule has 0 aromatic carbocycles. The van der Waals surface area contributed by atoms with Crippen molar-refractivity contribution in [3.63, 3.8) is 0 Å². The van der Waals surface area contributed by atoms with E-state index in [0.29, 0.717) is 5.69 Å². The van der Waals surface area contributed by atoms with Gasteiger partial charge in [-0.1, -0.05) is 0 Å². The van der Waals surface area contributed by atoms with Gasteiger partial charge in [-0.2, -0.15) is 10.2 Å². The van der Waals surface area contributed by atoms with Crippen molar-refractivity contribution in [2.24, 2.45) is 7.05 Å². The number of aryl methyl sites for hydroxylation is 1. The zero-order valence-corrected chi connectivity index (χ0v) is 14.2. The number of amides is 1. The van der Waals surface area contributed by atoms with Crippen molar-refractivity contribution < 1.29 is 14.3 Å². The van der Waals surface area contributed by atoms with E-state index < -0.39 is 11.5 Å². The number of halogens is 1. The molecule has 0 atom stereocenters. The minimum absolute atomic E-state index is 0.0517. The van der Waals surface area contributed by atoms with E-state index in [1.165, 1.54) is 16.5 Å². The monoisotopic (exact) mass is 369 g/mol. The molecule has 0 saturated carbocycles. The Morgan fingerprint density at radius 1 is 1.36 bits per heavy atom. The van der Waals surface area contributed by atoms with Crippen LogP contribution in [0.4, 0.5) is 5.69 Å². The molecule has 0 spiro atoms. The number of methoxy groups -OCH3 is 1. The molecule has 2 heterocycles. The van der Waals surface area contributed by atoms with Crippen LogP contribution in [0, 0.1) is 0 Å². The summed E-state index contributed by atoms with van der Waals surface area (Å²) in [5.41, 5.74) is -0.607. The number of carbonyl (C=O) groups is 2. The standard InChI is InChI=1S/C13H16BrN5O3/c1-13(2,19-6-8(14)5-15-19)12(21)16-9-7-18(3)17-10(9)11(20)22-4/h5-7H,1-4H3,(H,16,21). The molecule has 2 aromatic heterocycles. The maximum absolute atomic E-state index is 12.5. The van der Waals surface area contributed by atoms with E-state index >= 15 is 0 Å². The second-order valence-electron chi connectivity index (χ2n) is 5.17. The van der Waals surface area contributed by atoms with Gasteiger partial charge < -0.3 is 10.1 Å². The first-order chi connectivity index (χ1) is 10.3. The molecule has 0 unspecified atom stereocenters. The Morgan fingerprint density at radius 3 is 2.59 bits per heavy atom. The number of nitrogens with zero attached hydrogens (tertiary/aromatic N) is 4. The maximum atomic E-state index is 12.5. The summed E-state index contributed by atoms with van der Waals surface area (Å²) in [6.07, 6.45) is 4.84. The Labute approximate surface area is 135 Å². The fraction of sp³-hybridized carbons (Fsp3) is 0.385. The molecule has 2 aromatic rings. The van der Waals surface area contributed by atoms with E-state index in [1.54, 1.807) is 39.5 Å². The summed E-state index contributed by atoms with van der Waals surface area (Å²) < 4.78 is 8.38. The summed E-state index contributed by atoms with van der Waals surface area (Å²) in [5.74, 6) is -0.947. The van der Waals surface area contributed by atoms with Crippen LogP contribution in [-0.2, 0) is 22.1 Å². The van der Waals surface area contributed by atoms with Crippen molar-refractivity contribution in [1.29, 1.82) is 0 Å². The van der Waals surface area contributed by atoms with Gasteiger partial charge in [0.2, 0.25) is 0 Å². The van der Waals surface area contributed by atoms with E-state index in [-0.39, 0.29) is 11.6 Å². The summed E-state index contributed by atoms with van der Waals surface area (Å²) in [4.78, 5) is 24.2. The number of rotatable bonds is 4. The molecule has 0 bridgehead atoms. The number of hydrogen-bond donors (Lipinski definition) is 1. The van der Waals surface area contributed by atoms with Gasteiger partial charge in [-0.25, -0.2) is 4.79 Å². The predicted octanol–water partition coefficient (Wildman–Crippen LogP) is 1.54. The van der Waals surface area contributed by atoms with Crippen molar-refractivity contribution in [3.8, 4) is 0 Å². The predicted molar refractivity (Wildman–Crippen MR) is 82.4 cm³/mol. The third-order valence-corrected chi connectivity index (χ3v) is 3.54. The van der Waals surface area contributed by atoms with Gasteiger partial charge in [-0.05, 0) is 29.8 Å². The lowest BCUT2D eigenvalue weighted by molar-refractivity contribution is -0.123. The number of anilines is 1. The number of nitrogens with one attached hydrogen (secondary N) is 1. The average molecular weight is 370 g/mol. The van der Waals surface area contributed by atoms with Gasteiger partial charge in [0.25, 0.3) is 5.91 Å². The van der Waals surface area contributed by atoms with E-state index in [2.05, 4.69) is 36.2 Å². The summed E-state index contributed by atoms with van der Waals surface area (Å²) in [6, 6.07) is 0. The number of hydrogen-bond acceptors (Lipinski definition) is 5. The molecule has 0 saturated heterocycles. The number of carbonyl (C=O) groups excluding carboxylic acids is 2. The normalized spacial score (nSPS) is 11.3. The summed E-state index contributed by atoms with van der Waals surface area (Å²) in [7, 11) is 2.91. The molecule has 0 aliphatic rings. The van der Waals surface area contributed by atoms with Crippen LogP contribution in [0.2, 0.25) is 0 Å². The van der Waals surface area contributed by atoms with Gasteiger partial charge in [0.15, 0.2) is 5.69 Å². The molecule has 0 fully saturated rings. The molecule has 8 nitrogen and oxygen atoms in total. The Bertz CT molecular complexity index is 719. The zero-order chi connectivity index (χ0) is 16.5. The molecular weight excluding hydrogens is 354 g/mol. The van der Waals surface area contributed by atoms with Crippen molar-refractivity contribution in [1.82, 2.24) is 19.6 Å². The number of esters is 1. The molecule has 9 heteroatoms. The largest absolute Gasteiger partial charge is 0.464 e. The van der Waals surface area contributed by atoms with Crippen LogP contribution in [-0.4, -0.2) is 38.5 Å². The van der Waals surface area contributed by atoms with Crippen LogP contribution in [0.25, 0.3) is 0 Å². The second-order valence-corrected chi connectivity index (χ2v) is 6.09. The van der Waals surface area contributed by atoms with Gasteiger partial charge in [0.1, 0.15) is 5.54 Å². The van der Waals surface area contributed by atoms with Crippen molar-refractivity contribution in [3.05, 3.63) is 28.8 Å². The number of ether oxygens (including phenoxy) is 1. The average Bonchev–Trinajstić information content (AvgIpc) is 3.04. The topological polar surface area (TPSA) is 91.0 Å². The van der Waals surface area contributed by atoms with Crippen molar-refractivity contribution in [2.45, 2.75) is 19.4 Å². The van der Waals surface area contributed by atoms with Gasteiger partial charge in [-0.3, -0.25) is 14.2 Å². The van der Waals surface area contributed by atoms with Crippen molar-refractivity contribution >= 4 is 33.5 Å². The Kier molecular flexibility index (Phi) is 4.36. The molecule has 0 radical (unpaired) electrons. The van der Waals surface area contributed by atoms with E-state index in [1.807, 2.05) is 0 Å². The molecular formula is C13H16BrN5O3. The Morgan fingerprint density at radius 2 is 2.05 bits per heavy atom. The molecule has 0 aliphatic heterocycles.